The third-order valence-electron chi connectivity index (χ3n) is 0.444. The van der Waals surface area contributed by atoms with Gasteiger partial charge in [-0.2, -0.15) is 5.26 Å². The van der Waals surface area contributed by atoms with E-state index < -0.39 is 0 Å². The lowest BCUT2D eigenvalue weighted by Crippen LogP contribution is -2.10. The number of carbonyl (C=O) groups is 1. The average molecular weight is 110 g/mol. The van der Waals surface area contributed by atoms with Crippen molar-refractivity contribution in [2.24, 2.45) is 0 Å². The van der Waals surface area contributed by atoms with E-state index in [1.54, 1.807) is 6.07 Å². The Bertz CT molecular complexity index is 143. The third-order valence-corrected chi connectivity index (χ3v) is 0.444. The number of nitrogens with zero attached hydrogens (tertiary/aromatic N) is 1. The van der Waals surface area contributed by atoms with Crippen molar-refractivity contribution in [1.29, 1.82) is 5.26 Å². The number of carbonyl (C=O) groups excluding carboxylic acids is 1. The van der Waals surface area contributed by atoms with Crippen LogP contribution in [0.4, 0.5) is 0 Å². The van der Waals surface area contributed by atoms with E-state index in [9.17, 15) is 4.79 Å². The van der Waals surface area contributed by atoms with Crippen LogP contribution in [0.15, 0.2) is 12.3 Å². The van der Waals surface area contributed by atoms with Crippen molar-refractivity contribution >= 4 is 5.91 Å². The minimum atomic E-state index is -0.170. The predicted molar refractivity (Wildman–Crippen MR) is 28.6 cm³/mol. The van der Waals surface area contributed by atoms with Crippen molar-refractivity contribution in [3.63, 3.8) is 0 Å². The molecule has 0 heterocycles. The van der Waals surface area contributed by atoms with E-state index in [1.165, 1.54) is 19.2 Å². The van der Waals surface area contributed by atoms with Gasteiger partial charge in [-0.25, -0.2) is 0 Å². The zero-order valence-corrected chi connectivity index (χ0v) is 4.51. The minimum Gasteiger partial charge on any atom is -0.332 e. The molecule has 3 heteroatoms. The number of allylic oxidation sites excluding steroid dienone is 1. The first kappa shape index (κ1) is 6.70. The van der Waals surface area contributed by atoms with Crippen molar-refractivity contribution in [3.05, 3.63) is 12.3 Å². The normalized spacial score (nSPS) is 8.50. The van der Waals surface area contributed by atoms with Gasteiger partial charge >= 0.3 is 0 Å². The summed E-state index contributed by atoms with van der Waals surface area (Å²) in [6.45, 7) is 1.38. The first-order valence-electron chi connectivity index (χ1n) is 2.09. The highest BCUT2D eigenvalue weighted by Gasteiger charge is 1.78. The van der Waals surface area contributed by atoms with Crippen LogP contribution in [-0.2, 0) is 4.79 Å². The fraction of sp³-hybridized carbons (Fsp3) is 0.200. The van der Waals surface area contributed by atoms with Gasteiger partial charge in [-0.15, -0.1) is 0 Å². The van der Waals surface area contributed by atoms with Gasteiger partial charge in [-0.1, -0.05) is 0 Å². The largest absolute Gasteiger partial charge is 0.332 e. The fourth-order valence-corrected chi connectivity index (χ4v) is 0.196. The number of nitrogens with one attached hydrogen (secondary N) is 1. The van der Waals surface area contributed by atoms with E-state index in [0.29, 0.717) is 0 Å². The lowest BCUT2D eigenvalue weighted by Gasteiger charge is -1.84. The summed E-state index contributed by atoms with van der Waals surface area (Å²) < 4.78 is 0. The molecule has 0 bridgehead atoms. The second-order valence-corrected chi connectivity index (χ2v) is 1.16. The molecule has 0 saturated carbocycles. The summed E-state index contributed by atoms with van der Waals surface area (Å²) in [6.07, 6.45) is 2.49. The maximum absolute atomic E-state index is 10.0. The molecule has 0 radical (unpaired) electrons. The molecule has 0 rings (SSSR count). The van der Waals surface area contributed by atoms with Crippen molar-refractivity contribution < 1.29 is 4.79 Å². The van der Waals surface area contributed by atoms with Gasteiger partial charge in [0.05, 0.1) is 6.07 Å². The summed E-state index contributed by atoms with van der Waals surface area (Å²) >= 11 is 0. The quantitative estimate of drug-likeness (QED) is 0.489. The van der Waals surface area contributed by atoms with Gasteiger partial charge in [0.1, 0.15) is 0 Å². The molecule has 8 heavy (non-hydrogen) atoms. The molecular weight excluding hydrogens is 104 g/mol. The van der Waals surface area contributed by atoms with Crippen molar-refractivity contribution in [3.8, 4) is 6.07 Å². The first-order chi connectivity index (χ1) is 3.77. The first-order valence-corrected chi connectivity index (χ1v) is 2.09. The molecule has 0 unspecified atom stereocenters. The van der Waals surface area contributed by atoms with E-state index in [4.69, 9.17) is 5.26 Å². The highest BCUT2D eigenvalue weighted by molar-refractivity contribution is 5.73. The molecule has 0 aliphatic heterocycles. The van der Waals surface area contributed by atoms with Gasteiger partial charge < -0.3 is 5.32 Å². The Hall–Kier alpha value is -1.30. The van der Waals surface area contributed by atoms with E-state index in [-0.39, 0.29) is 5.91 Å². The average Bonchev–Trinajstić information content (AvgIpc) is 1.66. The van der Waals surface area contributed by atoms with Crippen LogP contribution in [0.2, 0.25) is 0 Å². The second-order valence-electron chi connectivity index (χ2n) is 1.16. The summed E-state index contributed by atoms with van der Waals surface area (Å²) in [5, 5.41) is 10.2. The van der Waals surface area contributed by atoms with Gasteiger partial charge in [-0.05, 0) is 0 Å². The molecule has 0 saturated heterocycles. The predicted octanol–water partition coefficient (Wildman–Crippen LogP) is 0.160. The van der Waals surface area contributed by atoms with Gasteiger partial charge in [0.25, 0.3) is 0 Å². The summed E-state index contributed by atoms with van der Waals surface area (Å²) in [7, 11) is 0. The Morgan fingerprint density at radius 3 is 2.88 bits per heavy atom. The number of hydrogen-bond acceptors (Lipinski definition) is 2. The summed E-state index contributed by atoms with van der Waals surface area (Å²) in [5.41, 5.74) is 0. The van der Waals surface area contributed by atoms with E-state index >= 15 is 0 Å². The molecule has 0 spiro atoms. The summed E-state index contributed by atoms with van der Waals surface area (Å²) in [6, 6.07) is 1.73. The lowest BCUT2D eigenvalue weighted by molar-refractivity contribution is -0.118. The van der Waals surface area contributed by atoms with Gasteiger partial charge in [0.15, 0.2) is 0 Å². The standard InChI is InChI=1S/C5H6N2O/c1-5(8)7-4-2-3-6/h2,4H,1H3,(H,7,8)/b4-2+. The lowest BCUT2D eigenvalue weighted by atomic mass is 10.6. The highest BCUT2D eigenvalue weighted by atomic mass is 16.1. The number of rotatable bonds is 1. The van der Waals surface area contributed by atoms with E-state index in [0.717, 1.165) is 0 Å². The Balaban J connectivity index is 3.34. The molecule has 42 valence electrons. The van der Waals surface area contributed by atoms with Crippen molar-refractivity contribution in [2.45, 2.75) is 6.92 Å². The Kier molecular flexibility index (Phi) is 3.25. The highest BCUT2D eigenvalue weighted by Crippen LogP contribution is 1.62. The zero-order chi connectivity index (χ0) is 6.41. The Morgan fingerprint density at radius 1 is 1.88 bits per heavy atom. The molecule has 3 nitrogen and oxygen atoms in total. The van der Waals surface area contributed by atoms with Crippen LogP contribution < -0.4 is 5.32 Å². The topological polar surface area (TPSA) is 52.9 Å². The Labute approximate surface area is 47.6 Å². The van der Waals surface area contributed by atoms with Gasteiger partial charge in [0, 0.05) is 19.2 Å². The van der Waals surface area contributed by atoms with Crippen LogP contribution in [0, 0.1) is 11.3 Å². The molecule has 0 atom stereocenters. The monoisotopic (exact) mass is 110 g/mol. The molecule has 0 fully saturated rings. The minimum absolute atomic E-state index is 0.170. The molecule has 1 N–H and O–H groups in total. The van der Waals surface area contributed by atoms with Crippen LogP contribution in [0.25, 0.3) is 0 Å². The molecule has 0 aliphatic rings. The van der Waals surface area contributed by atoms with Crippen LogP contribution in [0.5, 0.6) is 0 Å². The van der Waals surface area contributed by atoms with Gasteiger partial charge in [-0.3, -0.25) is 4.79 Å². The van der Waals surface area contributed by atoms with Crippen LogP contribution in [0.1, 0.15) is 6.92 Å². The smallest absolute Gasteiger partial charge is 0.220 e. The number of amides is 1. The zero-order valence-electron chi connectivity index (χ0n) is 4.51. The molecule has 1 amide bonds. The maximum atomic E-state index is 10.0. The van der Waals surface area contributed by atoms with Crippen LogP contribution in [-0.4, -0.2) is 5.91 Å². The molecule has 0 aromatic carbocycles. The van der Waals surface area contributed by atoms with Crippen LogP contribution >= 0.6 is 0 Å². The van der Waals surface area contributed by atoms with Gasteiger partial charge in [0.2, 0.25) is 5.91 Å². The fourth-order valence-electron chi connectivity index (χ4n) is 0.196. The number of hydrogen-bond donors (Lipinski definition) is 1. The number of nitriles is 1. The molecule has 0 aromatic rings. The molecular formula is C5H6N2O. The maximum Gasteiger partial charge on any atom is 0.220 e. The van der Waals surface area contributed by atoms with Crippen molar-refractivity contribution in [1.82, 2.24) is 5.32 Å². The summed E-state index contributed by atoms with van der Waals surface area (Å²) in [4.78, 5) is 10.0. The Morgan fingerprint density at radius 2 is 2.50 bits per heavy atom. The van der Waals surface area contributed by atoms with E-state index in [1.807, 2.05) is 0 Å². The summed E-state index contributed by atoms with van der Waals surface area (Å²) in [5.74, 6) is -0.170. The van der Waals surface area contributed by atoms with Crippen LogP contribution in [0.3, 0.4) is 0 Å². The second kappa shape index (κ2) is 3.88. The van der Waals surface area contributed by atoms with Crippen molar-refractivity contribution in [2.75, 3.05) is 0 Å². The molecule has 0 aliphatic carbocycles. The SMILES string of the molecule is CC(=O)N/C=C/C#N. The third kappa shape index (κ3) is 4.70. The van der Waals surface area contributed by atoms with E-state index in [2.05, 4.69) is 5.32 Å². The molecule has 0 aromatic heterocycles.